The molecule has 1 fully saturated rings. The first kappa shape index (κ1) is 16.2. The quantitative estimate of drug-likeness (QED) is 0.900. The molecule has 1 unspecified atom stereocenters. The average molecular weight is 351 g/mol. The predicted octanol–water partition coefficient (Wildman–Crippen LogP) is 3.15. The Bertz CT molecular complexity index is 671. The van der Waals surface area contributed by atoms with Crippen LogP contribution >= 0.6 is 22.9 Å². The largest absolute Gasteiger partial charge is 0.348 e. The van der Waals surface area contributed by atoms with Crippen molar-refractivity contribution in [1.82, 2.24) is 15.3 Å². The standard InChI is InChI=1S/C16H19ClN4OS/c1-11(8-12-4-7-23-10-12)19-15(22)14-13(17)9-18-16(20-14)21-5-2-3-6-21/h4,7,9-11H,2-3,5-6,8H2,1H3,(H,19,22). The van der Waals surface area contributed by atoms with Crippen LogP contribution in [-0.2, 0) is 6.42 Å². The van der Waals surface area contributed by atoms with Crippen molar-refractivity contribution in [2.45, 2.75) is 32.2 Å². The zero-order valence-corrected chi connectivity index (χ0v) is 14.5. The van der Waals surface area contributed by atoms with Crippen molar-refractivity contribution in [3.63, 3.8) is 0 Å². The minimum atomic E-state index is -0.249. The third kappa shape index (κ3) is 4.00. The molecular weight excluding hydrogens is 332 g/mol. The van der Waals surface area contributed by atoms with E-state index >= 15 is 0 Å². The van der Waals surface area contributed by atoms with Crippen LogP contribution in [0.2, 0.25) is 5.02 Å². The van der Waals surface area contributed by atoms with Gasteiger partial charge in [-0.1, -0.05) is 11.6 Å². The Morgan fingerprint density at radius 2 is 2.26 bits per heavy atom. The van der Waals surface area contributed by atoms with Crippen molar-refractivity contribution in [3.05, 3.63) is 39.3 Å². The van der Waals surface area contributed by atoms with Crippen molar-refractivity contribution in [2.24, 2.45) is 0 Å². The minimum Gasteiger partial charge on any atom is -0.348 e. The van der Waals surface area contributed by atoms with Crippen LogP contribution in [0.4, 0.5) is 5.95 Å². The van der Waals surface area contributed by atoms with Crippen LogP contribution in [-0.4, -0.2) is 35.0 Å². The zero-order valence-electron chi connectivity index (χ0n) is 13.0. The van der Waals surface area contributed by atoms with Gasteiger partial charge in [-0.2, -0.15) is 11.3 Å². The normalized spacial score (nSPS) is 15.7. The summed E-state index contributed by atoms with van der Waals surface area (Å²) in [5.41, 5.74) is 1.47. The smallest absolute Gasteiger partial charge is 0.271 e. The van der Waals surface area contributed by atoms with Crippen molar-refractivity contribution >= 4 is 34.8 Å². The summed E-state index contributed by atoms with van der Waals surface area (Å²) in [4.78, 5) is 23.2. The van der Waals surface area contributed by atoms with Gasteiger partial charge in [0.15, 0.2) is 5.69 Å². The number of aromatic nitrogens is 2. The molecule has 1 atom stereocenters. The van der Waals surface area contributed by atoms with Gasteiger partial charge in [-0.05, 0) is 48.6 Å². The summed E-state index contributed by atoms with van der Waals surface area (Å²) in [5.74, 6) is 0.336. The summed E-state index contributed by atoms with van der Waals surface area (Å²) in [6, 6.07) is 2.08. The van der Waals surface area contributed by atoms with E-state index in [4.69, 9.17) is 11.6 Å². The Kier molecular flexibility index (Phi) is 5.13. The van der Waals surface area contributed by atoms with Gasteiger partial charge in [0.1, 0.15) is 0 Å². The number of hydrogen-bond donors (Lipinski definition) is 1. The van der Waals surface area contributed by atoms with Gasteiger partial charge in [0.2, 0.25) is 5.95 Å². The highest BCUT2D eigenvalue weighted by atomic mass is 35.5. The molecular formula is C16H19ClN4OS. The molecule has 0 saturated carbocycles. The minimum absolute atomic E-state index is 0.0124. The third-order valence-corrected chi connectivity index (χ3v) is 4.84. The molecule has 2 aromatic heterocycles. The maximum atomic E-state index is 12.5. The van der Waals surface area contributed by atoms with E-state index in [1.807, 2.05) is 12.3 Å². The van der Waals surface area contributed by atoms with Gasteiger partial charge < -0.3 is 10.2 Å². The van der Waals surface area contributed by atoms with Gasteiger partial charge in [-0.3, -0.25) is 4.79 Å². The van der Waals surface area contributed by atoms with E-state index in [0.29, 0.717) is 5.95 Å². The molecule has 3 rings (SSSR count). The molecule has 1 saturated heterocycles. The van der Waals surface area contributed by atoms with Crippen LogP contribution in [0.25, 0.3) is 0 Å². The van der Waals surface area contributed by atoms with Crippen LogP contribution in [0.5, 0.6) is 0 Å². The Balaban J connectivity index is 1.69. The van der Waals surface area contributed by atoms with E-state index in [0.717, 1.165) is 32.4 Å². The second-order valence-corrected chi connectivity index (χ2v) is 6.96. The van der Waals surface area contributed by atoms with E-state index < -0.39 is 0 Å². The van der Waals surface area contributed by atoms with Gasteiger partial charge >= 0.3 is 0 Å². The second-order valence-electron chi connectivity index (χ2n) is 5.77. The van der Waals surface area contributed by atoms with E-state index in [1.54, 1.807) is 11.3 Å². The second kappa shape index (κ2) is 7.27. The fraction of sp³-hybridized carbons (Fsp3) is 0.438. The van der Waals surface area contributed by atoms with Crippen molar-refractivity contribution < 1.29 is 4.79 Å². The van der Waals surface area contributed by atoms with Gasteiger partial charge in [0, 0.05) is 19.1 Å². The maximum absolute atomic E-state index is 12.5. The number of nitrogens with one attached hydrogen (secondary N) is 1. The van der Waals surface area contributed by atoms with Crippen molar-refractivity contribution in [2.75, 3.05) is 18.0 Å². The molecule has 0 aliphatic carbocycles. The fourth-order valence-electron chi connectivity index (χ4n) is 2.69. The van der Waals surface area contributed by atoms with Gasteiger partial charge in [-0.15, -0.1) is 0 Å². The van der Waals surface area contributed by atoms with E-state index in [9.17, 15) is 4.79 Å². The molecule has 1 aliphatic heterocycles. The molecule has 0 radical (unpaired) electrons. The van der Waals surface area contributed by atoms with Crippen molar-refractivity contribution in [1.29, 1.82) is 0 Å². The number of thiophene rings is 1. The van der Waals surface area contributed by atoms with Crippen LogP contribution in [0.15, 0.2) is 23.0 Å². The molecule has 2 aromatic rings. The molecule has 3 heterocycles. The number of rotatable bonds is 5. The van der Waals surface area contributed by atoms with Crippen molar-refractivity contribution in [3.8, 4) is 0 Å². The van der Waals surface area contributed by atoms with Crippen LogP contribution in [0.1, 0.15) is 35.8 Å². The first-order valence-electron chi connectivity index (χ1n) is 7.73. The summed E-state index contributed by atoms with van der Waals surface area (Å²) in [6.45, 7) is 3.83. The highest BCUT2D eigenvalue weighted by molar-refractivity contribution is 7.07. The number of nitrogens with zero attached hydrogens (tertiary/aromatic N) is 3. The number of carbonyl (C=O) groups excluding carboxylic acids is 1. The molecule has 5 nitrogen and oxygen atoms in total. The van der Waals surface area contributed by atoms with Gasteiger partial charge in [0.25, 0.3) is 5.91 Å². The average Bonchev–Trinajstić information content (AvgIpc) is 3.20. The topological polar surface area (TPSA) is 58.1 Å². The van der Waals surface area contributed by atoms with E-state index in [-0.39, 0.29) is 22.7 Å². The Morgan fingerprint density at radius 3 is 2.96 bits per heavy atom. The summed E-state index contributed by atoms with van der Waals surface area (Å²) in [5, 5.41) is 7.38. The number of carbonyl (C=O) groups is 1. The summed E-state index contributed by atoms with van der Waals surface area (Å²) in [6.07, 6.45) is 4.56. The third-order valence-electron chi connectivity index (χ3n) is 3.83. The summed E-state index contributed by atoms with van der Waals surface area (Å²) < 4.78 is 0. The number of halogens is 1. The van der Waals surface area contributed by atoms with E-state index in [1.165, 1.54) is 11.8 Å². The zero-order chi connectivity index (χ0) is 16.2. The lowest BCUT2D eigenvalue weighted by Crippen LogP contribution is -2.35. The highest BCUT2D eigenvalue weighted by Crippen LogP contribution is 2.20. The molecule has 122 valence electrons. The number of hydrogen-bond acceptors (Lipinski definition) is 5. The lowest BCUT2D eigenvalue weighted by atomic mass is 10.1. The van der Waals surface area contributed by atoms with E-state index in [2.05, 4.69) is 31.6 Å². The van der Waals surface area contributed by atoms with Crippen LogP contribution < -0.4 is 10.2 Å². The Hall–Kier alpha value is -1.66. The summed E-state index contributed by atoms with van der Waals surface area (Å²) >= 11 is 7.78. The lowest BCUT2D eigenvalue weighted by molar-refractivity contribution is 0.0935. The SMILES string of the molecule is CC(Cc1ccsc1)NC(=O)c1nc(N2CCCC2)ncc1Cl. The van der Waals surface area contributed by atoms with Crippen LogP contribution in [0, 0.1) is 0 Å². The molecule has 1 N–H and O–H groups in total. The summed E-state index contributed by atoms with van der Waals surface area (Å²) in [7, 11) is 0. The molecule has 23 heavy (non-hydrogen) atoms. The molecule has 7 heteroatoms. The monoisotopic (exact) mass is 350 g/mol. The van der Waals surface area contributed by atoms with Crippen LogP contribution in [0.3, 0.4) is 0 Å². The highest BCUT2D eigenvalue weighted by Gasteiger charge is 2.20. The van der Waals surface area contributed by atoms with Gasteiger partial charge in [-0.25, -0.2) is 9.97 Å². The Labute approximate surface area is 144 Å². The fourth-order valence-corrected chi connectivity index (χ4v) is 3.55. The molecule has 0 spiro atoms. The molecule has 0 bridgehead atoms. The molecule has 0 aromatic carbocycles. The first-order valence-corrected chi connectivity index (χ1v) is 9.05. The first-order chi connectivity index (χ1) is 11.1. The molecule has 1 aliphatic rings. The maximum Gasteiger partial charge on any atom is 0.271 e. The van der Waals surface area contributed by atoms with Gasteiger partial charge in [0.05, 0.1) is 11.2 Å². The number of anilines is 1. The molecule has 1 amide bonds. The number of amides is 1. The predicted molar refractivity (Wildman–Crippen MR) is 93.4 cm³/mol. The lowest BCUT2D eigenvalue weighted by Gasteiger charge is -2.17. The Morgan fingerprint density at radius 1 is 1.48 bits per heavy atom.